The van der Waals surface area contributed by atoms with Crippen molar-refractivity contribution in [1.29, 1.82) is 0 Å². The Bertz CT molecular complexity index is 655. The molecule has 2 heteroatoms. The van der Waals surface area contributed by atoms with E-state index in [1.54, 1.807) is 6.08 Å². The van der Waals surface area contributed by atoms with Gasteiger partial charge in [0.25, 0.3) is 0 Å². The average molecular weight is 237 g/mol. The van der Waals surface area contributed by atoms with E-state index in [-0.39, 0.29) is 5.78 Å². The summed E-state index contributed by atoms with van der Waals surface area (Å²) in [5.41, 5.74) is 4.36. The maximum absolute atomic E-state index is 11.5. The van der Waals surface area contributed by atoms with Crippen LogP contribution in [0.15, 0.2) is 36.4 Å². The number of nitrogens with zero attached hydrogens (tertiary/aromatic N) is 1. The number of allylic oxidation sites excluding steroid dienone is 2. The second-order valence-corrected chi connectivity index (χ2v) is 4.85. The number of ketones is 1. The van der Waals surface area contributed by atoms with Crippen molar-refractivity contribution in [2.75, 3.05) is 0 Å². The summed E-state index contributed by atoms with van der Waals surface area (Å²) in [7, 11) is 0. The normalized spacial score (nSPS) is 15.8. The van der Waals surface area contributed by atoms with E-state index in [4.69, 9.17) is 0 Å². The lowest BCUT2D eigenvalue weighted by Gasteiger charge is -2.12. The Hall–Kier alpha value is -1.96. The molecule has 0 spiro atoms. The number of hydrogen-bond acceptors (Lipinski definition) is 2. The zero-order valence-corrected chi connectivity index (χ0v) is 10.4. The van der Waals surface area contributed by atoms with Crippen LogP contribution in [0.1, 0.15) is 30.5 Å². The number of benzene rings is 1. The van der Waals surface area contributed by atoms with Crippen LogP contribution in [-0.2, 0) is 4.79 Å². The minimum Gasteiger partial charge on any atom is -0.295 e. The number of fused-ring (bicyclic) bond motifs is 1. The van der Waals surface area contributed by atoms with E-state index >= 15 is 0 Å². The van der Waals surface area contributed by atoms with Crippen LogP contribution < -0.4 is 0 Å². The summed E-state index contributed by atoms with van der Waals surface area (Å²) in [5.74, 6) is 0.248. The van der Waals surface area contributed by atoms with Gasteiger partial charge in [-0.25, -0.2) is 0 Å². The lowest BCUT2D eigenvalue weighted by molar-refractivity contribution is -0.114. The minimum atomic E-state index is 0.248. The Labute approximate surface area is 106 Å². The van der Waals surface area contributed by atoms with E-state index in [0.717, 1.165) is 40.6 Å². The Morgan fingerprint density at radius 1 is 1.11 bits per heavy atom. The Balaban J connectivity index is 2.08. The summed E-state index contributed by atoms with van der Waals surface area (Å²) < 4.78 is 0. The van der Waals surface area contributed by atoms with Crippen molar-refractivity contribution in [3.8, 4) is 0 Å². The highest BCUT2D eigenvalue weighted by atomic mass is 16.1. The number of hydrogen-bond donors (Lipinski definition) is 0. The molecule has 2 nitrogen and oxygen atoms in total. The number of carbonyl (C=O) groups is 1. The van der Waals surface area contributed by atoms with Crippen molar-refractivity contribution in [2.24, 2.45) is 0 Å². The number of aryl methyl sites for hydroxylation is 1. The van der Waals surface area contributed by atoms with E-state index in [2.05, 4.69) is 23.2 Å². The lowest BCUT2D eigenvalue weighted by atomic mass is 9.92. The highest BCUT2D eigenvalue weighted by Gasteiger charge is 2.11. The third kappa shape index (κ3) is 2.06. The fourth-order valence-corrected chi connectivity index (χ4v) is 2.45. The first kappa shape index (κ1) is 11.1. The van der Waals surface area contributed by atoms with Gasteiger partial charge in [0.15, 0.2) is 5.78 Å². The molecule has 1 aromatic heterocycles. The van der Waals surface area contributed by atoms with Crippen molar-refractivity contribution in [1.82, 2.24) is 4.98 Å². The van der Waals surface area contributed by atoms with Crippen LogP contribution >= 0.6 is 0 Å². The molecule has 0 N–H and O–H groups in total. The van der Waals surface area contributed by atoms with Gasteiger partial charge in [-0.05, 0) is 55.2 Å². The van der Waals surface area contributed by atoms with Gasteiger partial charge in [-0.1, -0.05) is 12.1 Å². The maximum Gasteiger partial charge on any atom is 0.155 e. The highest BCUT2D eigenvalue weighted by molar-refractivity contribution is 5.99. The summed E-state index contributed by atoms with van der Waals surface area (Å²) >= 11 is 0. The zero-order valence-electron chi connectivity index (χ0n) is 10.4. The summed E-state index contributed by atoms with van der Waals surface area (Å²) in [5, 5.41) is 1.14. The molecule has 1 aromatic carbocycles. The number of rotatable bonds is 1. The molecule has 0 aliphatic heterocycles. The summed E-state index contributed by atoms with van der Waals surface area (Å²) in [6.07, 6.45) is 4.45. The molecular weight excluding hydrogens is 222 g/mol. The van der Waals surface area contributed by atoms with E-state index in [0.29, 0.717) is 6.42 Å². The predicted octanol–water partition coefficient (Wildman–Crippen LogP) is 3.68. The number of carbonyl (C=O) groups excluding carboxylic acids is 1. The summed E-state index contributed by atoms with van der Waals surface area (Å²) in [6.45, 7) is 2.00. The highest BCUT2D eigenvalue weighted by Crippen LogP contribution is 2.27. The molecule has 0 unspecified atom stereocenters. The van der Waals surface area contributed by atoms with Crippen molar-refractivity contribution in [3.63, 3.8) is 0 Å². The summed E-state index contributed by atoms with van der Waals surface area (Å²) in [4.78, 5) is 16.0. The van der Waals surface area contributed by atoms with E-state index in [1.807, 2.05) is 19.1 Å². The van der Waals surface area contributed by atoms with Crippen LogP contribution in [0.5, 0.6) is 0 Å². The monoisotopic (exact) mass is 237 g/mol. The van der Waals surface area contributed by atoms with Gasteiger partial charge in [-0.15, -0.1) is 0 Å². The van der Waals surface area contributed by atoms with Crippen molar-refractivity contribution in [2.45, 2.75) is 26.2 Å². The van der Waals surface area contributed by atoms with Gasteiger partial charge in [0.1, 0.15) is 0 Å². The third-order valence-corrected chi connectivity index (χ3v) is 3.40. The molecule has 90 valence electrons. The second-order valence-electron chi connectivity index (χ2n) is 4.85. The number of pyridine rings is 1. The first-order valence-corrected chi connectivity index (χ1v) is 6.33. The molecule has 1 aliphatic carbocycles. The zero-order chi connectivity index (χ0) is 12.5. The average Bonchev–Trinajstić information content (AvgIpc) is 2.38. The molecule has 18 heavy (non-hydrogen) atoms. The van der Waals surface area contributed by atoms with Gasteiger partial charge in [0, 0.05) is 17.5 Å². The largest absolute Gasteiger partial charge is 0.295 e. The molecule has 2 aromatic rings. The Kier molecular flexibility index (Phi) is 2.71. The van der Waals surface area contributed by atoms with Crippen molar-refractivity contribution < 1.29 is 4.79 Å². The standard InChI is InChI=1S/C16H15NO/c1-11-5-6-14-9-13(7-8-16(14)17-11)12-3-2-4-15(18)10-12/h5-10H,2-4H2,1H3. The van der Waals surface area contributed by atoms with Crippen LogP contribution in [0, 0.1) is 6.92 Å². The van der Waals surface area contributed by atoms with Crippen LogP contribution in [0.3, 0.4) is 0 Å². The van der Waals surface area contributed by atoms with Crippen molar-refractivity contribution in [3.05, 3.63) is 47.7 Å². The SMILES string of the molecule is Cc1ccc2cc(C3=CC(=O)CCC3)ccc2n1. The van der Waals surface area contributed by atoms with Crippen LogP contribution in [0.2, 0.25) is 0 Å². The van der Waals surface area contributed by atoms with Crippen LogP contribution in [0.4, 0.5) is 0 Å². The Morgan fingerprint density at radius 3 is 2.83 bits per heavy atom. The molecule has 3 rings (SSSR count). The molecule has 0 bridgehead atoms. The first-order chi connectivity index (χ1) is 8.72. The molecule has 0 amide bonds. The van der Waals surface area contributed by atoms with E-state index in [1.165, 1.54) is 0 Å². The van der Waals surface area contributed by atoms with Gasteiger partial charge in [0.2, 0.25) is 0 Å². The van der Waals surface area contributed by atoms with Gasteiger partial charge in [-0.2, -0.15) is 0 Å². The molecule has 0 fully saturated rings. The van der Waals surface area contributed by atoms with Gasteiger partial charge in [-0.3, -0.25) is 9.78 Å². The Morgan fingerprint density at radius 2 is 2.00 bits per heavy atom. The van der Waals surface area contributed by atoms with Crippen LogP contribution in [0.25, 0.3) is 16.5 Å². The molecule has 1 heterocycles. The molecule has 0 radical (unpaired) electrons. The number of aromatic nitrogens is 1. The van der Waals surface area contributed by atoms with Gasteiger partial charge >= 0.3 is 0 Å². The van der Waals surface area contributed by atoms with Gasteiger partial charge < -0.3 is 0 Å². The van der Waals surface area contributed by atoms with E-state index < -0.39 is 0 Å². The summed E-state index contributed by atoms with van der Waals surface area (Å²) in [6, 6.07) is 10.3. The van der Waals surface area contributed by atoms with Crippen LogP contribution in [-0.4, -0.2) is 10.8 Å². The predicted molar refractivity (Wildman–Crippen MR) is 73.3 cm³/mol. The molecule has 0 atom stereocenters. The molecule has 0 saturated heterocycles. The lowest BCUT2D eigenvalue weighted by Crippen LogP contribution is -2.02. The topological polar surface area (TPSA) is 30.0 Å². The maximum atomic E-state index is 11.5. The molecule has 1 aliphatic rings. The molecule has 0 saturated carbocycles. The van der Waals surface area contributed by atoms with Gasteiger partial charge in [0.05, 0.1) is 5.52 Å². The fourth-order valence-electron chi connectivity index (χ4n) is 2.45. The smallest absolute Gasteiger partial charge is 0.155 e. The quantitative estimate of drug-likeness (QED) is 0.757. The first-order valence-electron chi connectivity index (χ1n) is 6.33. The van der Waals surface area contributed by atoms with E-state index in [9.17, 15) is 4.79 Å². The minimum absolute atomic E-state index is 0.248. The van der Waals surface area contributed by atoms with Crippen molar-refractivity contribution >= 4 is 22.3 Å². The third-order valence-electron chi connectivity index (χ3n) is 3.40. The second kappa shape index (κ2) is 4.37. The molecular formula is C16H15NO. The fraction of sp³-hybridized carbons (Fsp3) is 0.250.